The highest BCUT2D eigenvalue weighted by Gasteiger charge is 2.18. The summed E-state index contributed by atoms with van der Waals surface area (Å²) in [5.74, 6) is 0. The summed E-state index contributed by atoms with van der Waals surface area (Å²) >= 11 is 0. The maximum atomic E-state index is 12.4. The van der Waals surface area contributed by atoms with E-state index in [-0.39, 0.29) is 13.2 Å². The summed E-state index contributed by atoms with van der Waals surface area (Å²) in [7, 11) is 0. The Kier molecular flexibility index (Phi) is 6.57. The van der Waals surface area contributed by atoms with Gasteiger partial charge in [0.1, 0.15) is 6.61 Å². The molecule has 0 aliphatic heterocycles. The molecule has 1 rings (SSSR count). The van der Waals surface area contributed by atoms with Crippen molar-refractivity contribution in [1.29, 1.82) is 0 Å². The van der Waals surface area contributed by atoms with Crippen LogP contribution in [0.3, 0.4) is 0 Å². The zero-order chi connectivity index (χ0) is 14.1. The predicted molar refractivity (Wildman–Crippen MR) is 69.0 cm³/mol. The number of nitrogens with zero attached hydrogens (tertiary/aromatic N) is 1. The Hall–Kier alpha value is -1.91. The molecule has 0 bridgehead atoms. The second kappa shape index (κ2) is 8.24. The van der Waals surface area contributed by atoms with Crippen molar-refractivity contribution in [2.24, 2.45) is 0 Å². The smallest absolute Gasteiger partial charge is 0.410 e. The minimum Gasteiger partial charge on any atom is -0.445 e. The number of ether oxygens (including phenoxy) is 1. The number of amides is 1. The summed E-state index contributed by atoms with van der Waals surface area (Å²) in [6, 6.07) is 9.08. The van der Waals surface area contributed by atoms with Crippen LogP contribution in [0.4, 0.5) is 13.6 Å². The van der Waals surface area contributed by atoms with Gasteiger partial charge in [-0.25, -0.2) is 13.6 Å². The van der Waals surface area contributed by atoms with Crippen LogP contribution >= 0.6 is 0 Å². The first-order valence-corrected chi connectivity index (χ1v) is 5.98. The van der Waals surface area contributed by atoms with Crippen LogP contribution < -0.4 is 0 Å². The molecule has 1 amide bonds. The molecule has 0 aliphatic carbocycles. The van der Waals surface area contributed by atoms with Crippen molar-refractivity contribution in [3.63, 3.8) is 0 Å². The molecule has 1 aromatic carbocycles. The van der Waals surface area contributed by atoms with Gasteiger partial charge in [-0.15, -0.1) is 6.58 Å². The molecule has 0 unspecified atom stereocenters. The molecule has 0 saturated heterocycles. The van der Waals surface area contributed by atoms with Gasteiger partial charge in [0.15, 0.2) is 0 Å². The highest BCUT2D eigenvalue weighted by Crippen LogP contribution is 2.06. The lowest BCUT2D eigenvalue weighted by atomic mass is 10.2. The van der Waals surface area contributed by atoms with Crippen LogP contribution in [-0.4, -0.2) is 30.5 Å². The Labute approximate surface area is 111 Å². The van der Waals surface area contributed by atoms with E-state index in [1.807, 2.05) is 18.2 Å². The number of alkyl halides is 2. The SMILES string of the molecule is C=CCCN(CC(F)F)C(=O)OCc1ccccc1. The van der Waals surface area contributed by atoms with Crippen LogP contribution in [0.5, 0.6) is 0 Å². The summed E-state index contributed by atoms with van der Waals surface area (Å²) < 4.78 is 29.7. The quantitative estimate of drug-likeness (QED) is 0.709. The molecule has 0 spiro atoms. The number of hydrogen-bond acceptors (Lipinski definition) is 2. The maximum Gasteiger partial charge on any atom is 0.410 e. The molecule has 0 radical (unpaired) electrons. The summed E-state index contributed by atoms with van der Waals surface area (Å²) in [4.78, 5) is 12.7. The third-order valence-corrected chi connectivity index (χ3v) is 2.42. The molecule has 104 valence electrons. The van der Waals surface area contributed by atoms with Crippen molar-refractivity contribution >= 4 is 6.09 Å². The maximum absolute atomic E-state index is 12.4. The molecule has 0 fully saturated rings. The van der Waals surface area contributed by atoms with E-state index in [1.165, 1.54) is 0 Å². The minimum atomic E-state index is -2.57. The summed E-state index contributed by atoms with van der Waals surface area (Å²) in [5, 5.41) is 0. The van der Waals surface area contributed by atoms with E-state index in [2.05, 4.69) is 6.58 Å². The Morgan fingerprint density at radius 1 is 1.37 bits per heavy atom. The van der Waals surface area contributed by atoms with Crippen LogP contribution in [0.1, 0.15) is 12.0 Å². The Morgan fingerprint density at radius 2 is 2.05 bits per heavy atom. The monoisotopic (exact) mass is 269 g/mol. The van der Waals surface area contributed by atoms with Gasteiger partial charge in [0.05, 0.1) is 6.54 Å². The average molecular weight is 269 g/mol. The first-order valence-electron chi connectivity index (χ1n) is 5.98. The minimum absolute atomic E-state index is 0.0769. The van der Waals surface area contributed by atoms with Crippen molar-refractivity contribution in [1.82, 2.24) is 4.90 Å². The van der Waals surface area contributed by atoms with Crippen molar-refractivity contribution in [2.45, 2.75) is 19.5 Å². The molecular weight excluding hydrogens is 252 g/mol. The third-order valence-electron chi connectivity index (χ3n) is 2.42. The molecule has 0 saturated carbocycles. The Morgan fingerprint density at radius 3 is 2.63 bits per heavy atom. The first kappa shape index (κ1) is 15.1. The summed E-state index contributed by atoms with van der Waals surface area (Å²) in [6.45, 7) is 3.13. The van der Waals surface area contributed by atoms with Crippen LogP contribution in [0.15, 0.2) is 43.0 Å². The molecule has 1 aromatic rings. The zero-order valence-corrected chi connectivity index (χ0v) is 10.6. The Balaban J connectivity index is 2.48. The summed E-state index contributed by atoms with van der Waals surface area (Å²) in [6.07, 6.45) is -1.28. The third kappa shape index (κ3) is 5.99. The Bertz CT molecular complexity index is 396. The van der Waals surface area contributed by atoms with Gasteiger partial charge >= 0.3 is 6.09 Å². The van der Waals surface area contributed by atoms with Gasteiger partial charge in [0.25, 0.3) is 6.43 Å². The number of benzene rings is 1. The molecule has 0 heterocycles. The van der Waals surface area contributed by atoms with Crippen LogP contribution in [0, 0.1) is 0 Å². The lowest BCUT2D eigenvalue weighted by Gasteiger charge is -2.21. The fraction of sp³-hybridized carbons (Fsp3) is 0.357. The fourth-order valence-corrected chi connectivity index (χ4v) is 1.48. The molecule has 5 heteroatoms. The van der Waals surface area contributed by atoms with E-state index in [0.29, 0.717) is 6.42 Å². The molecule has 0 atom stereocenters. The molecule has 0 aliphatic rings. The fourth-order valence-electron chi connectivity index (χ4n) is 1.48. The number of rotatable bonds is 7. The first-order chi connectivity index (χ1) is 9.13. The van der Waals surface area contributed by atoms with Crippen molar-refractivity contribution in [2.75, 3.05) is 13.1 Å². The normalized spacial score (nSPS) is 10.3. The van der Waals surface area contributed by atoms with E-state index >= 15 is 0 Å². The molecule has 0 aromatic heterocycles. The highest BCUT2D eigenvalue weighted by molar-refractivity contribution is 5.67. The van der Waals surface area contributed by atoms with E-state index in [9.17, 15) is 13.6 Å². The van der Waals surface area contributed by atoms with Gasteiger partial charge in [0, 0.05) is 6.54 Å². The molecular formula is C14H17F2NO2. The number of carbonyl (C=O) groups is 1. The van der Waals surface area contributed by atoms with Gasteiger partial charge in [-0.1, -0.05) is 36.4 Å². The summed E-state index contributed by atoms with van der Waals surface area (Å²) in [5.41, 5.74) is 0.816. The average Bonchev–Trinajstić information content (AvgIpc) is 2.41. The second-order valence-corrected chi connectivity index (χ2v) is 3.95. The molecule has 0 N–H and O–H groups in total. The van der Waals surface area contributed by atoms with Crippen molar-refractivity contribution in [3.05, 3.63) is 48.6 Å². The van der Waals surface area contributed by atoms with Gasteiger partial charge in [-0.2, -0.15) is 0 Å². The van der Waals surface area contributed by atoms with Crippen LogP contribution in [0.2, 0.25) is 0 Å². The second-order valence-electron chi connectivity index (χ2n) is 3.95. The largest absolute Gasteiger partial charge is 0.445 e. The van der Waals surface area contributed by atoms with E-state index < -0.39 is 19.1 Å². The number of carbonyl (C=O) groups excluding carboxylic acids is 1. The number of hydrogen-bond donors (Lipinski definition) is 0. The lowest BCUT2D eigenvalue weighted by molar-refractivity contribution is 0.0584. The highest BCUT2D eigenvalue weighted by atomic mass is 19.3. The zero-order valence-electron chi connectivity index (χ0n) is 10.6. The number of halogens is 2. The van der Waals surface area contributed by atoms with Crippen LogP contribution in [0.25, 0.3) is 0 Å². The molecule has 3 nitrogen and oxygen atoms in total. The van der Waals surface area contributed by atoms with Crippen LogP contribution in [-0.2, 0) is 11.3 Å². The van der Waals surface area contributed by atoms with Crippen molar-refractivity contribution < 1.29 is 18.3 Å². The van der Waals surface area contributed by atoms with E-state index in [1.54, 1.807) is 18.2 Å². The van der Waals surface area contributed by atoms with E-state index in [4.69, 9.17) is 4.74 Å². The van der Waals surface area contributed by atoms with Gasteiger partial charge < -0.3 is 9.64 Å². The lowest BCUT2D eigenvalue weighted by Crippen LogP contribution is -2.36. The standard InChI is InChI=1S/C14H17F2NO2/c1-2-3-9-17(10-13(15)16)14(18)19-11-12-7-5-4-6-8-12/h2,4-8,13H,1,3,9-11H2. The molecule has 19 heavy (non-hydrogen) atoms. The topological polar surface area (TPSA) is 29.5 Å². The van der Waals surface area contributed by atoms with E-state index in [0.717, 1.165) is 10.5 Å². The van der Waals surface area contributed by atoms with Gasteiger partial charge in [-0.05, 0) is 12.0 Å². The van der Waals surface area contributed by atoms with Gasteiger partial charge in [0.2, 0.25) is 0 Å². The van der Waals surface area contributed by atoms with Crippen molar-refractivity contribution in [3.8, 4) is 0 Å². The van der Waals surface area contributed by atoms with Gasteiger partial charge in [-0.3, -0.25) is 0 Å². The predicted octanol–water partition coefficient (Wildman–Crippen LogP) is 3.47.